The Morgan fingerprint density at radius 2 is 1.95 bits per heavy atom. The van der Waals surface area contributed by atoms with Crippen molar-refractivity contribution >= 4 is 39.1 Å². The monoisotopic (exact) mass is 579 g/mol. The van der Waals surface area contributed by atoms with Crippen LogP contribution < -0.4 is 10.1 Å². The predicted octanol–water partition coefficient (Wildman–Crippen LogP) is 5.89. The highest BCUT2D eigenvalue weighted by atomic mass is 32.1. The van der Waals surface area contributed by atoms with Gasteiger partial charge in [-0.2, -0.15) is 13.9 Å². The van der Waals surface area contributed by atoms with Crippen molar-refractivity contribution in [3.63, 3.8) is 0 Å². The molecular weight excluding hydrogens is 558 g/mol. The maximum Gasteiger partial charge on any atom is 0.340 e. The summed E-state index contributed by atoms with van der Waals surface area (Å²) >= 11 is 0.712. The van der Waals surface area contributed by atoms with Crippen molar-refractivity contribution in [3.05, 3.63) is 51.7 Å². The predicted molar refractivity (Wildman–Crippen MR) is 136 cm³/mol. The minimum absolute atomic E-state index is 0.0860. The molecule has 1 saturated carbocycles. The number of hydrogen-bond acceptors (Lipinski definition) is 9. The SMILES string of the molecule is O=C(Nc1nc(-c2ccc(OCC(F)(F)C(F)F)nc2)nc2c1cnn2C1CCCCC1)c1ccc([N+](=O)[O-])s1. The Morgan fingerprint density at radius 1 is 1.18 bits per heavy atom. The molecule has 210 valence electrons. The molecule has 1 aliphatic carbocycles. The molecule has 0 aliphatic heterocycles. The molecule has 0 bridgehead atoms. The number of nitrogens with zero attached hydrogens (tertiary/aromatic N) is 6. The van der Waals surface area contributed by atoms with Crippen LogP contribution in [0.15, 0.2) is 36.7 Å². The Labute approximate surface area is 227 Å². The summed E-state index contributed by atoms with van der Waals surface area (Å²) in [4.78, 5) is 36.5. The third-order valence-electron chi connectivity index (χ3n) is 6.33. The fourth-order valence-corrected chi connectivity index (χ4v) is 5.01. The van der Waals surface area contributed by atoms with E-state index >= 15 is 0 Å². The number of nitrogens with one attached hydrogen (secondary N) is 1. The molecule has 1 amide bonds. The molecule has 0 saturated heterocycles. The van der Waals surface area contributed by atoms with Gasteiger partial charge in [0.05, 0.1) is 27.4 Å². The number of halogens is 4. The van der Waals surface area contributed by atoms with Gasteiger partial charge in [0.25, 0.3) is 5.91 Å². The van der Waals surface area contributed by atoms with Gasteiger partial charge in [-0.05, 0) is 25.0 Å². The van der Waals surface area contributed by atoms with Crippen molar-refractivity contribution in [1.29, 1.82) is 0 Å². The molecule has 0 aromatic carbocycles. The molecule has 40 heavy (non-hydrogen) atoms. The number of pyridine rings is 1. The van der Waals surface area contributed by atoms with Crippen molar-refractivity contribution in [2.75, 3.05) is 11.9 Å². The van der Waals surface area contributed by atoms with E-state index in [9.17, 15) is 32.5 Å². The third-order valence-corrected chi connectivity index (χ3v) is 7.36. The number of carbonyl (C=O) groups excluding carboxylic acids is 1. The van der Waals surface area contributed by atoms with E-state index in [-0.39, 0.29) is 33.4 Å². The van der Waals surface area contributed by atoms with E-state index in [0.29, 0.717) is 27.9 Å². The smallest absolute Gasteiger partial charge is 0.340 e. The molecule has 5 rings (SSSR count). The number of hydrogen-bond donors (Lipinski definition) is 1. The number of alkyl halides is 4. The quantitative estimate of drug-likeness (QED) is 0.147. The first-order valence-corrected chi connectivity index (χ1v) is 13.0. The normalized spacial score (nSPS) is 14.5. The Kier molecular flexibility index (Phi) is 7.60. The maximum absolute atomic E-state index is 13.2. The van der Waals surface area contributed by atoms with Crippen LogP contribution in [0.2, 0.25) is 0 Å². The van der Waals surface area contributed by atoms with Crippen LogP contribution in [0.4, 0.5) is 28.4 Å². The van der Waals surface area contributed by atoms with E-state index in [2.05, 4.69) is 25.4 Å². The fraction of sp³-hybridized carbons (Fsp3) is 0.375. The Hall–Kier alpha value is -4.21. The fourth-order valence-electron chi connectivity index (χ4n) is 4.29. The molecule has 4 heterocycles. The number of carbonyl (C=O) groups is 1. The third kappa shape index (κ3) is 5.71. The average Bonchev–Trinajstić information content (AvgIpc) is 3.61. The molecule has 0 atom stereocenters. The molecule has 4 aromatic heterocycles. The molecule has 1 N–H and O–H groups in total. The zero-order chi connectivity index (χ0) is 28.4. The van der Waals surface area contributed by atoms with Crippen molar-refractivity contribution < 1.29 is 32.0 Å². The van der Waals surface area contributed by atoms with Gasteiger partial charge in [0.15, 0.2) is 18.1 Å². The highest BCUT2D eigenvalue weighted by Crippen LogP contribution is 2.33. The number of amides is 1. The van der Waals surface area contributed by atoms with E-state index in [0.717, 1.165) is 32.1 Å². The van der Waals surface area contributed by atoms with Gasteiger partial charge in [-0.15, -0.1) is 0 Å². The molecule has 0 radical (unpaired) electrons. The van der Waals surface area contributed by atoms with Crippen LogP contribution in [0.3, 0.4) is 0 Å². The van der Waals surface area contributed by atoms with Crippen LogP contribution in [0.5, 0.6) is 5.88 Å². The lowest BCUT2D eigenvalue weighted by Crippen LogP contribution is -2.33. The summed E-state index contributed by atoms with van der Waals surface area (Å²) in [5, 5.41) is 18.5. The lowest BCUT2D eigenvalue weighted by Gasteiger charge is -2.22. The first kappa shape index (κ1) is 27.4. The zero-order valence-electron chi connectivity index (χ0n) is 20.6. The number of fused-ring (bicyclic) bond motifs is 1. The molecule has 1 fully saturated rings. The standard InChI is InChI=1S/C24H21F4N7O4S/c25-23(26)24(27,28)12-39-17-8-6-13(10-29-17)19-31-20(33-22(36)16-7-9-18(40-16)35(37)38)15-11-30-34(21(15)32-19)14-4-2-1-3-5-14/h6-11,14,23H,1-5,12H2,(H,31,32,33,36). The summed E-state index contributed by atoms with van der Waals surface area (Å²) < 4.78 is 57.7. The number of rotatable bonds is 9. The highest BCUT2D eigenvalue weighted by Gasteiger charge is 2.41. The van der Waals surface area contributed by atoms with Crippen LogP contribution in [0.25, 0.3) is 22.4 Å². The van der Waals surface area contributed by atoms with Crippen LogP contribution in [-0.4, -0.2) is 54.5 Å². The van der Waals surface area contributed by atoms with Gasteiger partial charge in [0, 0.05) is 23.9 Å². The molecule has 11 nitrogen and oxygen atoms in total. The first-order valence-electron chi connectivity index (χ1n) is 12.2. The van der Waals surface area contributed by atoms with Crippen molar-refractivity contribution in [2.24, 2.45) is 0 Å². The molecule has 4 aromatic rings. The van der Waals surface area contributed by atoms with Crippen LogP contribution in [0, 0.1) is 10.1 Å². The number of anilines is 1. The van der Waals surface area contributed by atoms with E-state index in [1.165, 1.54) is 30.5 Å². The molecular formula is C24H21F4N7O4S. The van der Waals surface area contributed by atoms with Crippen LogP contribution in [-0.2, 0) is 0 Å². The number of aromatic nitrogens is 5. The molecule has 0 spiro atoms. The molecule has 0 unspecified atom stereocenters. The van der Waals surface area contributed by atoms with E-state index in [1.807, 2.05) is 0 Å². The summed E-state index contributed by atoms with van der Waals surface area (Å²) in [5.41, 5.74) is 0.773. The van der Waals surface area contributed by atoms with Crippen molar-refractivity contribution in [3.8, 4) is 17.3 Å². The summed E-state index contributed by atoms with van der Waals surface area (Å²) in [7, 11) is 0. The van der Waals surface area contributed by atoms with Gasteiger partial charge in [-0.1, -0.05) is 30.6 Å². The minimum Gasteiger partial charge on any atom is -0.471 e. The van der Waals surface area contributed by atoms with Gasteiger partial charge in [-0.25, -0.2) is 28.4 Å². The summed E-state index contributed by atoms with van der Waals surface area (Å²) in [6.45, 7) is -1.54. The van der Waals surface area contributed by atoms with E-state index in [4.69, 9.17) is 4.74 Å². The molecule has 16 heteroatoms. The maximum atomic E-state index is 13.2. The summed E-state index contributed by atoms with van der Waals surface area (Å²) in [6, 6.07) is 5.28. The lowest BCUT2D eigenvalue weighted by molar-refractivity contribution is -0.380. The topological polar surface area (TPSA) is 138 Å². The second-order valence-electron chi connectivity index (χ2n) is 9.10. The summed E-state index contributed by atoms with van der Waals surface area (Å²) in [6.07, 6.45) is 3.86. The van der Waals surface area contributed by atoms with Crippen LogP contribution in [0.1, 0.15) is 47.8 Å². The second-order valence-corrected chi connectivity index (χ2v) is 10.2. The van der Waals surface area contributed by atoms with E-state index in [1.54, 1.807) is 10.9 Å². The van der Waals surface area contributed by atoms with Gasteiger partial charge in [0.2, 0.25) is 5.88 Å². The summed E-state index contributed by atoms with van der Waals surface area (Å²) in [5.74, 6) is -5.02. The lowest BCUT2D eigenvalue weighted by atomic mass is 9.96. The first-order chi connectivity index (χ1) is 19.1. The van der Waals surface area contributed by atoms with Crippen LogP contribution >= 0.6 is 11.3 Å². The molecule has 1 aliphatic rings. The van der Waals surface area contributed by atoms with E-state index < -0.39 is 29.8 Å². The van der Waals surface area contributed by atoms with Gasteiger partial charge in [-0.3, -0.25) is 14.9 Å². The largest absolute Gasteiger partial charge is 0.471 e. The van der Waals surface area contributed by atoms with Gasteiger partial charge < -0.3 is 10.1 Å². The Balaban J connectivity index is 1.48. The van der Waals surface area contributed by atoms with Crippen molar-refractivity contribution in [2.45, 2.75) is 50.5 Å². The Bertz CT molecular complexity index is 1540. The van der Waals surface area contributed by atoms with Gasteiger partial charge >= 0.3 is 17.3 Å². The van der Waals surface area contributed by atoms with Gasteiger partial charge in [0.1, 0.15) is 5.82 Å². The average molecular weight is 580 g/mol. The van der Waals surface area contributed by atoms with Crippen molar-refractivity contribution in [1.82, 2.24) is 24.7 Å². The highest BCUT2D eigenvalue weighted by molar-refractivity contribution is 7.17. The zero-order valence-corrected chi connectivity index (χ0v) is 21.4. The number of nitro groups is 1. The minimum atomic E-state index is -4.33. The second kappa shape index (κ2) is 11.1. The number of ether oxygens (including phenoxy) is 1. The Morgan fingerprint density at radius 3 is 2.60 bits per heavy atom. The number of thiophene rings is 1.